The molecule has 30 heavy (non-hydrogen) atoms. The molecule has 0 saturated heterocycles. The van der Waals surface area contributed by atoms with Crippen molar-refractivity contribution in [3.8, 4) is 0 Å². The number of nitrogens with zero attached hydrogens (tertiary/aromatic N) is 2. The van der Waals surface area contributed by atoms with Gasteiger partial charge in [0.25, 0.3) is 0 Å². The zero-order valence-electron chi connectivity index (χ0n) is 16.9. The first-order valence-corrected chi connectivity index (χ1v) is 11.1. The fourth-order valence-corrected chi connectivity index (χ4v) is 4.40. The van der Waals surface area contributed by atoms with Gasteiger partial charge < -0.3 is 9.88 Å². The molecule has 1 heterocycles. The van der Waals surface area contributed by atoms with Crippen molar-refractivity contribution in [3.63, 3.8) is 0 Å². The first-order chi connectivity index (χ1) is 14.5. The number of benzene rings is 3. The van der Waals surface area contributed by atoms with Crippen LogP contribution in [0.25, 0.3) is 11.0 Å². The van der Waals surface area contributed by atoms with E-state index in [4.69, 9.17) is 16.6 Å². The van der Waals surface area contributed by atoms with Crippen LogP contribution in [-0.4, -0.2) is 15.5 Å². The van der Waals surface area contributed by atoms with Crippen LogP contribution in [0.5, 0.6) is 0 Å². The van der Waals surface area contributed by atoms with Gasteiger partial charge in [0, 0.05) is 15.6 Å². The summed E-state index contributed by atoms with van der Waals surface area (Å²) in [5.74, 6) is 1.47. The molecule has 0 spiro atoms. The van der Waals surface area contributed by atoms with E-state index >= 15 is 0 Å². The highest BCUT2D eigenvalue weighted by atomic mass is 35.5. The molecule has 4 aromatic rings. The van der Waals surface area contributed by atoms with Crippen molar-refractivity contribution < 1.29 is 4.79 Å². The number of imidazole rings is 1. The van der Waals surface area contributed by atoms with E-state index in [-0.39, 0.29) is 12.5 Å². The zero-order chi connectivity index (χ0) is 21.1. The molecule has 4 rings (SSSR count). The largest absolute Gasteiger partial charge is 0.324 e. The van der Waals surface area contributed by atoms with Crippen LogP contribution in [-0.2, 0) is 17.1 Å². The molecule has 1 aromatic heterocycles. The van der Waals surface area contributed by atoms with Gasteiger partial charge in [0.15, 0.2) is 0 Å². The molecule has 0 aliphatic carbocycles. The van der Waals surface area contributed by atoms with Gasteiger partial charge in [0.05, 0.1) is 16.8 Å². The molecule has 3 aromatic carbocycles. The average molecular weight is 436 g/mol. The summed E-state index contributed by atoms with van der Waals surface area (Å²) >= 11 is 7.66. The Balaban J connectivity index is 1.58. The smallest absolute Gasteiger partial charge is 0.244 e. The normalized spacial score (nSPS) is 11.0. The van der Waals surface area contributed by atoms with Gasteiger partial charge >= 0.3 is 0 Å². The highest BCUT2D eigenvalue weighted by Crippen LogP contribution is 2.26. The topological polar surface area (TPSA) is 46.9 Å². The lowest BCUT2D eigenvalue weighted by Gasteiger charge is -2.13. The third kappa shape index (κ3) is 4.53. The number of para-hydroxylation sites is 3. The number of hydrogen-bond donors (Lipinski definition) is 1. The Morgan fingerprint density at radius 3 is 2.43 bits per heavy atom. The number of aromatic nitrogens is 2. The van der Waals surface area contributed by atoms with Crippen LogP contribution in [0.2, 0.25) is 5.02 Å². The minimum absolute atomic E-state index is 0.0618. The lowest BCUT2D eigenvalue weighted by molar-refractivity contribution is -0.116. The van der Waals surface area contributed by atoms with Gasteiger partial charge in [-0.1, -0.05) is 41.9 Å². The molecule has 0 bridgehead atoms. The summed E-state index contributed by atoms with van der Waals surface area (Å²) in [4.78, 5) is 18.8. The molecule has 1 N–H and O–H groups in total. The van der Waals surface area contributed by atoms with Gasteiger partial charge in [0.2, 0.25) is 5.91 Å². The lowest BCUT2D eigenvalue weighted by atomic mass is 10.1. The maximum Gasteiger partial charge on any atom is 0.244 e. The Morgan fingerprint density at radius 2 is 1.70 bits per heavy atom. The monoisotopic (exact) mass is 435 g/mol. The molecule has 0 radical (unpaired) electrons. The van der Waals surface area contributed by atoms with Crippen molar-refractivity contribution in [2.75, 3.05) is 5.32 Å². The summed E-state index contributed by atoms with van der Waals surface area (Å²) in [5.41, 5.74) is 4.84. The van der Waals surface area contributed by atoms with Crippen molar-refractivity contribution in [3.05, 3.63) is 88.7 Å². The Hall–Kier alpha value is -2.76. The summed E-state index contributed by atoms with van der Waals surface area (Å²) in [6.45, 7) is 4.22. The second kappa shape index (κ2) is 8.94. The fourth-order valence-electron chi connectivity index (χ4n) is 3.42. The van der Waals surface area contributed by atoms with Crippen molar-refractivity contribution in [1.29, 1.82) is 0 Å². The summed E-state index contributed by atoms with van der Waals surface area (Å²) < 4.78 is 2.00. The molecule has 0 aliphatic heterocycles. The third-order valence-electron chi connectivity index (χ3n) is 4.96. The minimum atomic E-state index is -0.0618. The predicted octanol–water partition coefficient (Wildman–Crippen LogP) is 6.24. The van der Waals surface area contributed by atoms with Crippen LogP contribution in [0.1, 0.15) is 17.0 Å². The predicted molar refractivity (Wildman–Crippen MR) is 125 cm³/mol. The second-order valence-corrected chi connectivity index (χ2v) is 8.65. The van der Waals surface area contributed by atoms with E-state index in [9.17, 15) is 4.79 Å². The van der Waals surface area contributed by atoms with Crippen molar-refractivity contribution in [1.82, 2.24) is 9.55 Å². The second-order valence-electron chi connectivity index (χ2n) is 7.16. The van der Waals surface area contributed by atoms with Crippen LogP contribution in [0, 0.1) is 13.8 Å². The van der Waals surface area contributed by atoms with Gasteiger partial charge in [0.1, 0.15) is 12.4 Å². The van der Waals surface area contributed by atoms with Crippen molar-refractivity contribution >= 4 is 46.0 Å². The molecule has 6 heteroatoms. The number of nitrogens with one attached hydrogen (secondary N) is 1. The summed E-state index contributed by atoms with van der Waals surface area (Å²) in [5, 5.41) is 3.80. The van der Waals surface area contributed by atoms with Crippen LogP contribution in [0.15, 0.2) is 71.6 Å². The molecule has 152 valence electrons. The molecule has 0 atom stereocenters. The highest BCUT2D eigenvalue weighted by Gasteiger charge is 2.15. The molecule has 0 aliphatic rings. The molecule has 0 saturated carbocycles. The van der Waals surface area contributed by atoms with Gasteiger partial charge in [-0.15, -0.1) is 11.8 Å². The number of amides is 1. The number of hydrogen-bond acceptors (Lipinski definition) is 3. The number of aryl methyl sites for hydroxylation is 2. The van der Waals surface area contributed by atoms with Crippen LogP contribution >= 0.6 is 23.4 Å². The summed E-state index contributed by atoms with van der Waals surface area (Å²) in [6.07, 6.45) is 0. The summed E-state index contributed by atoms with van der Waals surface area (Å²) in [6, 6.07) is 21.7. The Kier molecular flexibility index (Phi) is 6.11. The van der Waals surface area contributed by atoms with Gasteiger partial charge in [-0.2, -0.15) is 0 Å². The Bertz CT molecular complexity index is 1180. The number of thioether (sulfide) groups is 1. The molecular formula is C24H22ClN3OS. The zero-order valence-corrected chi connectivity index (χ0v) is 18.4. The molecule has 0 unspecified atom stereocenters. The van der Waals surface area contributed by atoms with E-state index in [1.807, 2.05) is 85.1 Å². The SMILES string of the molecule is Cc1cccc(C)c1NC(=O)Cn1c(CSc2ccc(Cl)cc2)nc2ccccc21. The summed E-state index contributed by atoms with van der Waals surface area (Å²) in [7, 11) is 0. The van der Waals surface area contributed by atoms with Crippen molar-refractivity contribution in [2.24, 2.45) is 0 Å². The maximum atomic E-state index is 12.9. The number of rotatable bonds is 6. The molecule has 1 amide bonds. The van der Waals surface area contributed by atoms with Crippen molar-refractivity contribution in [2.45, 2.75) is 31.0 Å². The maximum absolute atomic E-state index is 12.9. The average Bonchev–Trinajstić information content (AvgIpc) is 3.08. The van der Waals surface area contributed by atoms with E-state index < -0.39 is 0 Å². The fraction of sp³-hybridized carbons (Fsp3) is 0.167. The Labute approximate surface area is 185 Å². The molecular weight excluding hydrogens is 414 g/mol. The van der Waals surface area contributed by atoms with Gasteiger partial charge in [-0.05, 0) is 61.4 Å². The van der Waals surface area contributed by atoms with Crippen LogP contribution in [0.3, 0.4) is 0 Å². The standard InChI is InChI=1S/C24H22ClN3OS/c1-16-6-5-7-17(2)24(16)27-23(29)14-28-21-9-4-3-8-20(21)26-22(28)15-30-19-12-10-18(25)11-13-19/h3-13H,14-15H2,1-2H3,(H,27,29). The number of carbonyl (C=O) groups excluding carboxylic acids is 1. The van der Waals surface area contributed by atoms with E-state index in [0.29, 0.717) is 5.75 Å². The minimum Gasteiger partial charge on any atom is -0.324 e. The van der Waals surface area contributed by atoms with Crippen LogP contribution < -0.4 is 5.32 Å². The molecule has 0 fully saturated rings. The van der Waals surface area contributed by atoms with E-state index in [0.717, 1.165) is 43.6 Å². The number of halogens is 1. The molecule has 4 nitrogen and oxygen atoms in total. The third-order valence-corrected chi connectivity index (χ3v) is 6.22. The van der Waals surface area contributed by atoms with E-state index in [2.05, 4.69) is 5.32 Å². The number of carbonyl (C=O) groups is 1. The first kappa shape index (κ1) is 20.5. The van der Waals surface area contributed by atoms with Gasteiger partial charge in [-0.25, -0.2) is 4.98 Å². The van der Waals surface area contributed by atoms with Gasteiger partial charge in [-0.3, -0.25) is 4.79 Å². The highest BCUT2D eigenvalue weighted by molar-refractivity contribution is 7.98. The lowest BCUT2D eigenvalue weighted by Crippen LogP contribution is -2.21. The first-order valence-electron chi connectivity index (χ1n) is 9.70. The van der Waals surface area contributed by atoms with Crippen LogP contribution in [0.4, 0.5) is 5.69 Å². The quantitative estimate of drug-likeness (QED) is 0.365. The number of anilines is 1. The van der Waals surface area contributed by atoms with E-state index in [1.165, 1.54) is 0 Å². The Morgan fingerprint density at radius 1 is 1.00 bits per heavy atom. The van der Waals surface area contributed by atoms with E-state index in [1.54, 1.807) is 11.8 Å². The number of fused-ring (bicyclic) bond motifs is 1.